The predicted molar refractivity (Wildman–Crippen MR) is 47.4 cm³/mol. The monoisotopic (exact) mass is 270 g/mol. The second-order valence-electron chi connectivity index (χ2n) is 2.94. The number of carbonyl (C=O) groups is 1. The van der Waals surface area contributed by atoms with Gasteiger partial charge in [0.15, 0.2) is 0 Å². The highest BCUT2D eigenvalue weighted by Gasteiger charge is 2.44. The van der Waals surface area contributed by atoms with Crippen molar-refractivity contribution in [2.75, 3.05) is 0 Å². The van der Waals surface area contributed by atoms with Crippen LogP contribution in [0, 0.1) is 0 Å². The minimum absolute atomic E-state index is 0.641. The van der Waals surface area contributed by atoms with Gasteiger partial charge in [0.05, 0.1) is 0 Å². The van der Waals surface area contributed by atoms with E-state index in [1.807, 2.05) is 0 Å². The van der Waals surface area contributed by atoms with Crippen LogP contribution in [0.3, 0.4) is 0 Å². The van der Waals surface area contributed by atoms with Gasteiger partial charge in [-0.05, 0) is 0 Å². The quantitative estimate of drug-likeness (QED) is 0.405. The molecule has 14 heavy (non-hydrogen) atoms. The number of hydrogen-bond donors (Lipinski definition) is 3. The van der Waals surface area contributed by atoms with Crippen LogP contribution in [0.15, 0.2) is 0 Å². The fraction of sp³-hybridized carbons (Fsp3) is 0.857. The van der Waals surface area contributed by atoms with Gasteiger partial charge in [-0.15, -0.1) is 0 Å². The highest BCUT2D eigenvalue weighted by Crippen LogP contribution is 2.25. The summed E-state index contributed by atoms with van der Waals surface area (Å²) in [5.74, 6) is -0.641. The van der Waals surface area contributed by atoms with Gasteiger partial charge in [0.1, 0.15) is 23.3 Å². The van der Waals surface area contributed by atoms with E-state index in [4.69, 9.17) is 4.74 Å². The average Bonchev–Trinajstić information content (AvgIpc) is 2.10. The number of alkyl halides is 1. The Bertz CT molecular complexity index is 222. The van der Waals surface area contributed by atoms with Gasteiger partial charge in [-0.1, -0.05) is 15.9 Å². The third-order valence-electron chi connectivity index (χ3n) is 1.79. The van der Waals surface area contributed by atoms with Gasteiger partial charge in [-0.2, -0.15) is 0 Å². The zero-order valence-electron chi connectivity index (χ0n) is 7.33. The summed E-state index contributed by atoms with van der Waals surface area (Å²) in [6, 6.07) is 0. The van der Waals surface area contributed by atoms with E-state index in [1.54, 1.807) is 0 Å². The maximum Gasteiger partial charge on any atom is 0.305 e. The largest absolute Gasteiger partial charge is 0.433 e. The van der Waals surface area contributed by atoms with Gasteiger partial charge in [0.2, 0.25) is 6.29 Å². The molecule has 5 atom stereocenters. The lowest BCUT2D eigenvalue weighted by Gasteiger charge is -2.37. The molecule has 3 N–H and O–H groups in total. The first kappa shape index (κ1) is 11.9. The van der Waals surface area contributed by atoms with Crippen molar-refractivity contribution in [3.63, 3.8) is 0 Å². The van der Waals surface area contributed by atoms with Gasteiger partial charge >= 0.3 is 5.97 Å². The molecule has 0 aromatic carbocycles. The number of ether oxygens (including phenoxy) is 2. The molecule has 6 nitrogen and oxygen atoms in total. The average molecular weight is 271 g/mol. The van der Waals surface area contributed by atoms with Crippen molar-refractivity contribution in [2.45, 2.75) is 36.5 Å². The van der Waals surface area contributed by atoms with E-state index in [0.29, 0.717) is 0 Å². The van der Waals surface area contributed by atoms with E-state index in [0.717, 1.165) is 6.92 Å². The van der Waals surface area contributed by atoms with E-state index in [-0.39, 0.29) is 0 Å². The molecule has 0 spiro atoms. The normalized spacial score (nSPS) is 43.4. The van der Waals surface area contributed by atoms with Gasteiger partial charge in [-0.25, -0.2) is 0 Å². The molecule has 0 aromatic heterocycles. The molecule has 1 fully saturated rings. The second kappa shape index (κ2) is 4.54. The van der Waals surface area contributed by atoms with Crippen LogP contribution < -0.4 is 0 Å². The molecule has 0 saturated carbocycles. The Hall–Kier alpha value is -0.210. The highest BCUT2D eigenvalue weighted by molar-refractivity contribution is 9.09. The van der Waals surface area contributed by atoms with Crippen molar-refractivity contribution >= 4 is 21.9 Å². The van der Waals surface area contributed by atoms with Crippen molar-refractivity contribution in [1.29, 1.82) is 0 Å². The lowest BCUT2D eigenvalue weighted by molar-refractivity contribution is -0.268. The molecule has 0 aromatic rings. The molecule has 0 aliphatic carbocycles. The Kier molecular flexibility index (Phi) is 3.85. The summed E-state index contributed by atoms with van der Waals surface area (Å²) in [6.07, 6.45) is -5.41. The fourth-order valence-corrected chi connectivity index (χ4v) is 1.59. The molecule has 1 aliphatic heterocycles. The van der Waals surface area contributed by atoms with Crippen LogP contribution >= 0.6 is 15.9 Å². The molecule has 1 heterocycles. The first-order valence-electron chi connectivity index (χ1n) is 3.94. The molecule has 7 heteroatoms. The summed E-state index contributed by atoms with van der Waals surface area (Å²) >= 11 is 2.92. The number of aliphatic hydroxyl groups is 3. The van der Waals surface area contributed by atoms with E-state index >= 15 is 0 Å². The van der Waals surface area contributed by atoms with Gasteiger partial charge in [-0.3, -0.25) is 4.79 Å². The number of rotatable bonds is 1. The van der Waals surface area contributed by atoms with E-state index in [1.165, 1.54) is 0 Å². The van der Waals surface area contributed by atoms with E-state index in [9.17, 15) is 20.1 Å². The number of hydrogen-bond acceptors (Lipinski definition) is 6. The lowest BCUT2D eigenvalue weighted by atomic mass is 10.1. The number of carbonyl (C=O) groups excluding carboxylic acids is 1. The third-order valence-corrected chi connectivity index (χ3v) is 2.55. The number of aliphatic hydroxyl groups excluding tert-OH is 3. The first-order chi connectivity index (χ1) is 6.43. The minimum atomic E-state index is -1.46. The van der Waals surface area contributed by atoms with Crippen molar-refractivity contribution in [3.05, 3.63) is 0 Å². The molecule has 5 unspecified atom stereocenters. The predicted octanol–water partition coefficient (Wildman–Crippen LogP) is -1.29. The Balaban J connectivity index is 2.65. The van der Waals surface area contributed by atoms with Gasteiger partial charge in [0, 0.05) is 6.92 Å². The number of esters is 1. The Morgan fingerprint density at radius 2 is 1.86 bits per heavy atom. The fourth-order valence-electron chi connectivity index (χ4n) is 1.07. The zero-order chi connectivity index (χ0) is 10.9. The standard InChI is InChI=1S/C7H11BrO6/c1-2(9)13-7-5(12)3(10)4(11)6(8)14-7/h3-7,10-12H,1H3. The van der Waals surface area contributed by atoms with Crippen LogP contribution in [0.2, 0.25) is 0 Å². The molecule has 1 aliphatic rings. The molecular weight excluding hydrogens is 260 g/mol. The smallest absolute Gasteiger partial charge is 0.305 e. The summed E-state index contributed by atoms with van der Waals surface area (Å²) in [7, 11) is 0. The van der Waals surface area contributed by atoms with Crippen molar-refractivity contribution in [3.8, 4) is 0 Å². The lowest BCUT2D eigenvalue weighted by Crippen LogP contribution is -2.56. The number of halogens is 1. The Morgan fingerprint density at radius 3 is 2.36 bits per heavy atom. The second-order valence-corrected chi connectivity index (χ2v) is 3.84. The maximum atomic E-state index is 10.6. The van der Waals surface area contributed by atoms with E-state index < -0.39 is 35.6 Å². The summed E-state index contributed by atoms with van der Waals surface area (Å²) < 4.78 is 9.49. The molecule has 0 radical (unpaired) electrons. The zero-order valence-corrected chi connectivity index (χ0v) is 8.92. The van der Waals surface area contributed by atoms with Crippen molar-refractivity contribution in [1.82, 2.24) is 0 Å². The molecule has 1 rings (SSSR count). The summed E-state index contributed by atoms with van der Waals surface area (Å²) in [5.41, 5.74) is 0. The van der Waals surface area contributed by atoms with Crippen LogP contribution in [-0.4, -0.2) is 50.9 Å². The van der Waals surface area contributed by atoms with Crippen LogP contribution in [-0.2, 0) is 14.3 Å². The van der Waals surface area contributed by atoms with Crippen molar-refractivity contribution in [2.24, 2.45) is 0 Å². The molecule has 0 bridgehead atoms. The minimum Gasteiger partial charge on any atom is -0.433 e. The molecular formula is C7H11BrO6. The van der Waals surface area contributed by atoms with Crippen molar-refractivity contribution < 1.29 is 29.6 Å². The highest BCUT2D eigenvalue weighted by atomic mass is 79.9. The Labute approximate surface area is 88.6 Å². The van der Waals surface area contributed by atoms with Crippen LogP contribution in [0.4, 0.5) is 0 Å². The van der Waals surface area contributed by atoms with Crippen LogP contribution in [0.1, 0.15) is 6.92 Å². The topological polar surface area (TPSA) is 96.2 Å². The third kappa shape index (κ3) is 2.43. The first-order valence-corrected chi connectivity index (χ1v) is 4.86. The SMILES string of the molecule is CC(=O)OC1OC(Br)C(O)C(O)C1O. The van der Waals surface area contributed by atoms with E-state index in [2.05, 4.69) is 20.7 Å². The van der Waals surface area contributed by atoms with Crippen LogP contribution in [0.25, 0.3) is 0 Å². The maximum absolute atomic E-state index is 10.6. The summed E-state index contributed by atoms with van der Waals surface area (Å²) in [5, 5.41) is 27.0. The van der Waals surface area contributed by atoms with Crippen LogP contribution in [0.5, 0.6) is 0 Å². The summed E-state index contributed by atoms with van der Waals surface area (Å²) in [6.45, 7) is 1.15. The molecule has 0 amide bonds. The Morgan fingerprint density at radius 1 is 1.29 bits per heavy atom. The summed E-state index contributed by atoms with van der Waals surface area (Å²) in [4.78, 5) is 10.6. The molecule has 82 valence electrons. The molecule has 1 saturated heterocycles. The van der Waals surface area contributed by atoms with Gasteiger partial charge in [0.25, 0.3) is 0 Å². The van der Waals surface area contributed by atoms with Gasteiger partial charge < -0.3 is 24.8 Å².